The van der Waals surface area contributed by atoms with Gasteiger partial charge in [0.05, 0.1) is 12.2 Å². The molecule has 0 aliphatic heterocycles. The monoisotopic (exact) mass is 243 g/mol. The Bertz CT molecular complexity index is 409. The Morgan fingerprint density at radius 2 is 2.18 bits per heavy atom. The third kappa shape index (κ3) is 3.60. The maximum atomic E-state index is 13.4. The third-order valence-corrected chi connectivity index (χ3v) is 2.02. The number of nitrogens with two attached hydrogens (primary N) is 1. The summed E-state index contributed by atoms with van der Waals surface area (Å²) in [4.78, 5) is 10.8. The maximum Gasteiger partial charge on any atom is 0.337 e. The zero-order chi connectivity index (χ0) is 12.8. The molecule has 0 heterocycles. The second-order valence-electron chi connectivity index (χ2n) is 3.22. The molecule has 0 fully saturated rings. The summed E-state index contributed by atoms with van der Waals surface area (Å²) in [5.41, 5.74) is 5.05. The fraction of sp³-hybridized carbons (Fsp3) is 0.364. The molecular formula is C11H14FNO4. The predicted molar refractivity (Wildman–Crippen MR) is 59.8 cm³/mol. The molecule has 0 unspecified atom stereocenters. The molecule has 0 bridgehead atoms. The molecule has 1 aromatic carbocycles. The van der Waals surface area contributed by atoms with Crippen molar-refractivity contribution in [3.63, 3.8) is 0 Å². The van der Waals surface area contributed by atoms with Crippen LogP contribution in [0.25, 0.3) is 0 Å². The third-order valence-electron chi connectivity index (χ3n) is 2.02. The van der Waals surface area contributed by atoms with Gasteiger partial charge in [-0.2, -0.15) is 0 Å². The minimum atomic E-state index is -1.22. The predicted octanol–water partition coefficient (Wildman–Crippen LogP) is 1.52. The molecule has 0 spiro atoms. The highest BCUT2D eigenvalue weighted by molar-refractivity contribution is 5.94. The summed E-state index contributed by atoms with van der Waals surface area (Å²) in [6.07, 6.45) is 0. The molecule has 0 radical (unpaired) electrons. The highest BCUT2D eigenvalue weighted by atomic mass is 19.1. The summed E-state index contributed by atoms with van der Waals surface area (Å²) >= 11 is 0. The van der Waals surface area contributed by atoms with Gasteiger partial charge in [-0.15, -0.1) is 0 Å². The van der Waals surface area contributed by atoms with Gasteiger partial charge in [0.1, 0.15) is 6.61 Å². The fourth-order valence-corrected chi connectivity index (χ4v) is 1.22. The Labute approximate surface area is 97.9 Å². The van der Waals surface area contributed by atoms with Gasteiger partial charge in [-0.1, -0.05) is 0 Å². The van der Waals surface area contributed by atoms with Crippen molar-refractivity contribution in [2.75, 3.05) is 25.6 Å². The van der Waals surface area contributed by atoms with E-state index in [2.05, 4.69) is 0 Å². The first-order valence-electron chi connectivity index (χ1n) is 5.09. The number of hydrogen-bond donors (Lipinski definition) is 2. The molecule has 0 amide bonds. The van der Waals surface area contributed by atoms with Crippen LogP contribution in [-0.2, 0) is 4.74 Å². The molecule has 0 aliphatic rings. The van der Waals surface area contributed by atoms with Crippen molar-refractivity contribution in [2.45, 2.75) is 6.92 Å². The van der Waals surface area contributed by atoms with Crippen LogP contribution in [0.2, 0.25) is 0 Å². The van der Waals surface area contributed by atoms with E-state index >= 15 is 0 Å². The lowest BCUT2D eigenvalue weighted by molar-refractivity contribution is 0.0697. The molecule has 0 atom stereocenters. The molecule has 0 saturated carbocycles. The van der Waals surface area contributed by atoms with Gasteiger partial charge in [-0.05, 0) is 13.0 Å². The number of carbonyl (C=O) groups is 1. The molecule has 6 heteroatoms. The summed E-state index contributed by atoms with van der Waals surface area (Å²) in [5, 5.41) is 8.81. The van der Waals surface area contributed by atoms with Crippen LogP contribution in [0.3, 0.4) is 0 Å². The Morgan fingerprint density at radius 1 is 1.47 bits per heavy atom. The molecule has 5 nitrogen and oxygen atoms in total. The van der Waals surface area contributed by atoms with Gasteiger partial charge in [0.15, 0.2) is 11.6 Å². The Hall–Kier alpha value is -1.82. The van der Waals surface area contributed by atoms with Gasteiger partial charge in [0.2, 0.25) is 0 Å². The quantitative estimate of drug-likeness (QED) is 0.584. The van der Waals surface area contributed by atoms with E-state index in [1.165, 1.54) is 0 Å². The van der Waals surface area contributed by atoms with Gasteiger partial charge in [0.25, 0.3) is 0 Å². The molecule has 1 aromatic rings. The van der Waals surface area contributed by atoms with E-state index in [4.69, 9.17) is 20.3 Å². The minimum Gasteiger partial charge on any atom is -0.488 e. The topological polar surface area (TPSA) is 81.8 Å². The number of rotatable bonds is 6. The summed E-state index contributed by atoms with van der Waals surface area (Å²) < 4.78 is 23.4. The Balaban J connectivity index is 2.77. The molecule has 17 heavy (non-hydrogen) atoms. The van der Waals surface area contributed by atoms with Crippen LogP contribution in [0, 0.1) is 5.82 Å². The van der Waals surface area contributed by atoms with E-state index in [1.807, 2.05) is 6.92 Å². The lowest BCUT2D eigenvalue weighted by Crippen LogP contribution is -2.09. The van der Waals surface area contributed by atoms with Crippen LogP contribution in [0.1, 0.15) is 17.3 Å². The van der Waals surface area contributed by atoms with E-state index in [9.17, 15) is 9.18 Å². The molecular weight excluding hydrogens is 229 g/mol. The van der Waals surface area contributed by atoms with Crippen LogP contribution < -0.4 is 10.5 Å². The van der Waals surface area contributed by atoms with Crippen molar-refractivity contribution in [3.05, 3.63) is 23.5 Å². The summed E-state index contributed by atoms with van der Waals surface area (Å²) in [7, 11) is 0. The van der Waals surface area contributed by atoms with Gasteiger partial charge in [-0.3, -0.25) is 0 Å². The largest absolute Gasteiger partial charge is 0.488 e. The second-order valence-corrected chi connectivity index (χ2v) is 3.22. The molecule has 0 aliphatic carbocycles. The van der Waals surface area contributed by atoms with Crippen molar-refractivity contribution in [3.8, 4) is 5.75 Å². The number of aromatic carboxylic acids is 1. The highest BCUT2D eigenvalue weighted by Gasteiger charge is 2.13. The summed E-state index contributed by atoms with van der Waals surface area (Å²) in [6, 6.07) is 2.00. The lowest BCUT2D eigenvalue weighted by Gasteiger charge is -2.09. The number of ether oxygens (including phenoxy) is 2. The van der Waals surface area contributed by atoms with Crippen LogP contribution >= 0.6 is 0 Å². The number of anilines is 1. The number of hydrogen-bond acceptors (Lipinski definition) is 4. The summed E-state index contributed by atoms with van der Waals surface area (Å²) in [6.45, 7) is 2.82. The van der Waals surface area contributed by atoms with Crippen LogP contribution in [0.4, 0.5) is 10.1 Å². The van der Waals surface area contributed by atoms with E-state index in [1.54, 1.807) is 0 Å². The average Bonchev–Trinajstić information content (AvgIpc) is 2.26. The van der Waals surface area contributed by atoms with Gasteiger partial charge in [0, 0.05) is 18.4 Å². The Kier molecular flexibility index (Phi) is 4.71. The van der Waals surface area contributed by atoms with Gasteiger partial charge >= 0.3 is 5.97 Å². The normalized spacial score (nSPS) is 10.2. The van der Waals surface area contributed by atoms with E-state index in [-0.39, 0.29) is 23.6 Å². The number of carboxylic acids is 1. The number of benzene rings is 1. The van der Waals surface area contributed by atoms with Crippen LogP contribution in [0.15, 0.2) is 12.1 Å². The van der Waals surface area contributed by atoms with E-state index in [0.717, 1.165) is 12.1 Å². The van der Waals surface area contributed by atoms with Crippen molar-refractivity contribution in [1.29, 1.82) is 0 Å². The van der Waals surface area contributed by atoms with Crippen LogP contribution in [-0.4, -0.2) is 30.9 Å². The van der Waals surface area contributed by atoms with Gasteiger partial charge in [-0.25, -0.2) is 9.18 Å². The van der Waals surface area contributed by atoms with Crippen LogP contribution in [0.5, 0.6) is 5.75 Å². The number of halogens is 1. The van der Waals surface area contributed by atoms with E-state index in [0.29, 0.717) is 13.2 Å². The zero-order valence-corrected chi connectivity index (χ0v) is 9.40. The first-order valence-corrected chi connectivity index (χ1v) is 5.09. The van der Waals surface area contributed by atoms with Crippen molar-refractivity contribution in [1.82, 2.24) is 0 Å². The average molecular weight is 243 g/mol. The van der Waals surface area contributed by atoms with Crippen molar-refractivity contribution >= 4 is 11.7 Å². The molecule has 0 aromatic heterocycles. The first-order chi connectivity index (χ1) is 8.06. The zero-order valence-electron chi connectivity index (χ0n) is 9.40. The summed E-state index contributed by atoms with van der Waals surface area (Å²) in [5.74, 6) is -2.06. The molecule has 3 N–H and O–H groups in total. The molecule has 1 rings (SSSR count). The fourth-order valence-electron chi connectivity index (χ4n) is 1.22. The highest BCUT2D eigenvalue weighted by Crippen LogP contribution is 2.24. The lowest BCUT2D eigenvalue weighted by atomic mass is 10.1. The first kappa shape index (κ1) is 13.2. The smallest absolute Gasteiger partial charge is 0.337 e. The van der Waals surface area contributed by atoms with Crippen molar-refractivity contribution < 1.29 is 23.8 Å². The Morgan fingerprint density at radius 3 is 2.76 bits per heavy atom. The number of nitrogen functional groups attached to an aromatic ring is 1. The number of carboxylic acid groups (broad SMARTS) is 1. The standard InChI is InChI=1S/C11H14FNO4/c1-2-16-3-4-17-10-5-7(11(14)15)9(13)6-8(10)12/h5-6H,2-4,13H2,1H3,(H,14,15). The van der Waals surface area contributed by atoms with E-state index < -0.39 is 11.8 Å². The van der Waals surface area contributed by atoms with Crippen molar-refractivity contribution in [2.24, 2.45) is 0 Å². The second kappa shape index (κ2) is 6.05. The minimum absolute atomic E-state index is 0.132. The maximum absolute atomic E-state index is 13.4. The van der Waals surface area contributed by atoms with Gasteiger partial charge < -0.3 is 20.3 Å². The molecule has 94 valence electrons. The SMILES string of the molecule is CCOCCOc1cc(C(=O)O)c(N)cc1F. The molecule has 0 saturated heterocycles.